The van der Waals surface area contributed by atoms with Crippen LogP contribution in [0.3, 0.4) is 0 Å². The van der Waals surface area contributed by atoms with Crippen LogP contribution in [0.4, 0.5) is 0 Å². The van der Waals surface area contributed by atoms with Crippen molar-refractivity contribution >= 4 is 0 Å². The van der Waals surface area contributed by atoms with Crippen molar-refractivity contribution in [2.24, 2.45) is 5.92 Å². The molecule has 2 heteroatoms. The largest absolute Gasteiger partial charge is 0.346 e. The molecule has 2 rings (SSSR count). The SMILES string of the molecule is CCC[C@H]1O[C@](C)(c2ccccc2)OC[C@H]1CC. The third kappa shape index (κ3) is 2.76. The molecular formula is C16H24O2. The number of rotatable bonds is 4. The summed E-state index contributed by atoms with van der Waals surface area (Å²) in [4.78, 5) is 0. The number of hydrogen-bond acceptors (Lipinski definition) is 2. The van der Waals surface area contributed by atoms with Gasteiger partial charge in [-0.1, -0.05) is 50.6 Å². The molecule has 18 heavy (non-hydrogen) atoms. The minimum absolute atomic E-state index is 0.318. The summed E-state index contributed by atoms with van der Waals surface area (Å²) in [5, 5.41) is 0. The van der Waals surface area contributed by atoms with E-state index in [1.165, 1.54) is 0 Å². The molecule has 0 radical (unpaired) electrons. The van der Waals surface area contributed by atoms with Crippen LogP contribution < -0.4 is 0 Å². The number of benzene rings is 1. The Kier molecular flexibility index (Phi) is 4.41. The fourth-order valence-corrected chi connectivity index (χ4v) is 2.64. The van der Waals surface area contributed by atoms with Crippen molar-refractivity contribution in [3.05, 3.63) is 35.9 Å². The van der Waals surface area contributed by atoms with Gasteiger partial charge in [-0.15, -0.1) is 0 Å². The molecule has 0 N–H and O–H groups in total. The highest BCUT2D eigenvalue weighted by atomic mass is 16.7. The van der Waals surface area contributed by atoms with E-state index in [-0.39, 0.29) is 0 Å². The molecule has 0 unspecified atom stereocenters. The van der Waals surface area contributed by atoms with Crippen LogP contribution in [0.2, 0.25) is 0 Å². The van der Waals surface area contributed by atoms with Crippen molar-refractivity contribution in [3.63, 3.8) is 0 Å². The summed E-state index contributed by atoms with van der Waals surface area (Å²) >= 11 is 0. The molecule has 0 bridgehead atoms. The van der Waals surface area contributed by atoms with Crippen LogP contribution in [-0.4, -0.2) is 12.7 Å². The Morgan fingerprint density at radius 2 is 1.94 bits per heavy atom. The summed E-state index contributed by atoms with van der Waals surface area (Å²) in [5.74, 6) is -0.0472. The molecule has 0 aliphatic carbocycles. The second-order valence-corrected chi connectivity index (χ2v) is 5.24. The molecular weight excluding hydrogens is 224 g/mol. The highest BCUT2D eigenvalue weighted by molar-refractivity contribution is 5.20. The van der Waals surface area contributed by atoms with Crippen LogP contribution in [0.1, 0.15) is 45.6 Å². The Bertz CT molecular complexity index is 363. The molecule has 0 amide bonds. The maximum Gasteiger partial charge on any atom is 0.192 e. The van der Waals surface area contributed by atoms with Crippen molar-refractivity contribution in [3.8, 4) is 0 Å². The van der Waals surface area contributed by atoms with E-state index < -0.39 is 5.79 Å². The first-order valence-corrected chi connectivity index (χ1v) is 7.07. The molecule has 1 aromatic rings. The topological polar surface area (TPSA) is 18.5 Å². The van der Waals surface area contributed by atoms with Crippen LogP contribution in [0, 0.1) is 5.92 Å². The van der Waals surface area contributed by atoms with E-state index in [4.69, 9.17) is 9.47 Å². The number of hydrogen-bond donors (Lipinski definition) is 0. The fourth-order valence-electron chi connectivity index (χ4n) is 2.64. The summed E-state index contributed by atoms with van der Waals surface area (Å²) in [6.45, 7) is 7.26. The van der Waals surface area contributed by atoms with E-state index in [0.717, 1.165) is 31.4 Å². The van der Waals surface area contributed by atoms with Crippen molar-refractivity contribution in [2.45, 2.75) is 51.9 Å². The second kappa shape index (κ2) is 5.85. The van der Waals surface area contributed by atoms with Crippen LogP contribution in [0.5, 0.6) is 0 Å². The molecule has 1 aliphatic rings. The van der Waals surface area contributed by atoms with Gasteiger partial charge in [0.05, 0.1) is 12.7 Å². The molecule has 100 valence electrons. The zero-order valence-electron chi connectivity index (χ0n) is 11.7. The third-order valence-corrected chi connectivity index (χ3v) is 3.87. The standard InChI is InChI=1S/C16H24O2/c1-4-9-15-13(5-2)12-17-16(3,18-15)14-10-7-6-8-11-14/h6-8,10-11,13,15H,4-5,9,12H2,1-3H3/t13-,15-,16-/m1/s1. The normalized spacial score (nSPS) is 32.4. The van der Waals surface area contributed by atoms with Crippen LogP contribution in [0.15, 0.2) is 30.3 Å². The van der Waals surface area contributed by atoms with Gasteiger partial charge in [-0.05, 0) is 19.8 Å². The summed E-state index contributed by atoms with van der Waals surface area (Å²) in [6, 6.07) is 10.3. The Hall–Kier alpha value is -0.860. The van der Waals surface area contributed by atoms with Gasteiger partial charge in [0.2, 0.25) is 0 Å². The average molecular weight is 248 g/mol. The predicted octanol–water partition coefficient (Wildman–Crippen LogP) is 4.10. The lowest BCUT2D eigenvalue weighted by Gasteiger charge is -2.43. The van der Waals surface area contributed by atoms with E-state index in [0.29, 0.717) is 12.0 Å². The van der Waals surface area contributed by atoms with Gasteiger partial charge in [-0.2, -0.15) is 0 Å². The van der Waals surface area contributed by atoms with Gasteiger partial charge in [0, 0.05) is 11.5 Å². The summed E-state index contributed by atoms with van der Waals surface area (Å²) in [7, 11) is 0. The molecule has 1 heterocycles. The van der Waals surface area contributed by atoms with E-state index >= 15 is 0 Å². The maximum atomic E-state index is 6.28. The Morgan fingerprint density at radius 1 is 1.22 bits per heavy atom. The summed E-state index contributed by atoms with van der Waals surface area (Å²) in [6.07, 6.45) is 3.71. The van der Waals surface area contributed by atoms with E-state index in [9.17, 15) is 0 Å². The quantitative estimate of drug-likeness (QED) is 0.798. The average Bonchev–Trinajstić information content (AvgIpc) is 2.41. The van der Waals surface area contributed by atoms with Crippen LogP contribution in [0.25, 0.3) is 0 Å². The fraction of sp³-hybridized carbons (Fsp3) is 0.625. The minimum atomic E-state index is -0.577. The van der Waals surface area contributed by atoms with Crippen molar-refractivity contribution < 1.29 is 9.47 Å². The highest BCUT2D eigenvalue weighted by Crippen LogP contribution is 2.37. The molecule has 2 nitrogen and oxygen atoms in total. The predicted molar refractivity (Wildman–Crippen MR) is 73.3 cm³/mol. The van der Waals surface area contributed by atoms with E-state index in [1.54, 1.807) is 0 Å². The Balaban J connectivity index is 2.16. The smallest absolute Gasteiger partial charge is 0.192 e. The number of ether oxygens (including phenoxy) is 2. The maximum absolute atomic E-state index is 6.28. The lowest BCUT2D eigenvalue weighted by atomic mass is 9.93. The van der Waals surface area contributed by atoms with Crippen molar-refractivity contribution in [1.29, 1.82) is 0 Å². The van der Waals surface area contributed by atoms with Crippen molar-refractivity contribution in [1.82, 2.24) is 0 Å². The molecule has 0 spiro atoms. The third-order valence-electron chi connectivity index (χ3n) is 3.87. The molecule has 1 aromatic carbocycles. The molecule has 1 saturated heterocycles. The van der Waals surface area contributed by atoms with Crippen LogP contribution >= 0.6 is 0 Å². The van der Waals surface area contributed by atoms with Gasteiger partial charge in [0.1, 0.15) is 0 Å². The zero-order valence-corrected chi connectivity index (χ0v) is 11.7. The lowest BCUT2D eigenvalue weighted by Crippen LogP contribution is -2.45. The monoisotopic (exact) mass is 248 g/mol. The van der Waals surface area contributed by atoms with Gasteiger partial charge in [-0.3, -0.25) is 0 Å². The van der Waals surface area contributed by atoms with Gasteiger partial charge >= 0.3 is 0 Å². The molecule has 0 saturated carbocycles. The molecule has 0 aromatic heterocycles. The molecule has 3 atom stereocenters. The van der Waals surface area contributed by atoms with Gasteiger partial charge in [-0.25, -0.2) is 0 Å². The highest BCUT2D eigenvalue weighted by Gasteiger charge is 2.39. The molecule has 1 fully saturated rings. The first-order chi connectivity index (χ1) is 8.69. The minimum Gasteiger partial charge on any atom is -0.346 e. The summed E-state index contributed by atoms with van der Waals surface area (Å²) < 4.78 is 12.3. The lowest BCUT2D eigenvalue weighted by molar-refractivity contribution is -0.312. The van der Waals surface area contributed by atoms with Crippen LogP contribution in [-0.2, 0) is 15.3 Å². The zero-order chi connectivity index (χ0) is 13.0. The Labute approximate surface area is 110 Å². The van der Waals surface area contributed by atoms with Gasteiger partial charge in [0.25, 0.3) is 0 Å². The van der Waals surface area contributed by atoms with Gasteiger partial charge in [0.15, 0.2) is 5.79 Å². The second-order valence-electron chi connectivity index (χ2n) is 5.24. The first-order valence-electron chi connectivity index (χ1n) is 7.07. The summed E-state index contributed by atoms with van der Waals surface area (Å²) in [5.41, 5.74) is 1.11. The van der Waals surface area contributed by atoms with E-state index in [2.05, 4.69) is 26.0 Å². The van der Waals surface area contributed by atoms with Gasteiger partial charge < -0.3 is 9.47 Å². The Morgan fingerprint density at radius 3 is 2.56 bits per heavy atom. The van der Waals surface area contributed by atoms with Crippen molar-refractivity contribution in [2.75, 3.05) is 6.61 Å². The molecule has 1 aliphatic heterocycles. The van der Waals surface area contributed by atoms with E-state index in [1.807, 2.05) is 25.1 Å². The first kappa shape index (κ1) is 13.6.